The summed E-state index contributed by atoms with van der Waals surface area (Å²) in [5.74, 6) is -0.294. The maximum atomic E-state index is 11.7. The minimum atomic E-state index is -0.294. The number of rotatable bonds is 6. The highest BCUT2D eigenvalue weighted by Gasteiger charge is 2.11. The molecule has 3 heteroatoms. The summed E-state index contributed by atoms with van der Waals surface area (Å²) >= 11 is 0. The number of carbonyl (C=O) groups excluding carboxylic acids is 1. The second-order valence-corrected chi connectivity index (χ2v) is 4.12. The third kappa shape index (κ3) is 4.57. The Morgan fingerprint density at radius 1 is 1.29 bits per heavy atom. The van der Waals surface area contributed by atoms with Crippen LogP contribution >= 0.6 is 0 Å². The molecule has 0 fully saturated rings. The standard InChI is InChI=1S/C14H20O3/c1-4-5-12-6-8-13(9-7-12)14(15)17-11(2)10-16-3/h6-9,11H,4-5,10H2,1-3H3. The summed E-state index contributed by atoms with van der Waals surface area (Å²) < 4.78 is 10.1. The van der Waals surface area contributed by atoms with Gasteiger partial charge in [-0.25, -0.2) is 4.79 Å². The molecule has 0 N–H and O–H groups in total. The molecular weight excluding hydrogens is 216 g/mol. The summed E-state index contributed by atoms with van der Waals surface area (Å²) in [5.41, 5.74) is 1.83. The van der Waals surface area contributed by atoms with E-state index in [0.29, 0.717) is 12.2 Å². The van der Waals surface area contributed by atoms with E-state index in [4.69, 9.17) is 9.47 Å². The van der Waals surface area contributed by atoms with Gasteiger partial charge < -0.3 is 9.47 Å². The van der Waals surface area contributed by atoms with Crippen LogP contribution in [0.2, 0.25) is 0 Å². The molecule has 0 spiro atoms. The maximum absolute atomic E-state index is 11.7. The molecule has 0 heterocycles. The van der Waals surface area contributed by atoms with Crippen molar-refractivity contribution in [3.8, 4) is 0 Å². The second kappa shape index (κ2) is 7.07. The molecule has 1 atom stereocenters. The molecule has 1 aromatic rings. The first-order chi connectivity index (χ1) is 8.17. The molecule has 0 radical (unpaired) electrons. The van der Waals surface area contributed by atoms with Gasteiger partial charge in [-0.1, -0.05) is 25.5 Å². The average molecular weight is 236 g/mol. The Kier molecular flexibility index (Phi) is 5.70. The molecule has 0 amide bonds. The van der Waals surface area contributed by atoms with Gasteiger partial charge in [0, 0.05) is 7.11 Å². The number of benzene rings is 1. The second-order valence-electron chi connectivity index (χ2n) is 4.12. The number of hydrogen-bond donors (Lipinski definition) is 0. The minimum Gasteiger partial charge on any atom is -0.457 e. The van der Waals surface area contributed by atoms with E-state index in [-0.39, 0.29) is 12.1 Å². The molecule has 0 saturated heterocycles. The van der Waals surface area contributed by atoms with E-state index in [1.54, 1.807) is 7.11 Å². The predicted molar refractivity (Wildman–Crippen MR) is 67.2 cm³/mol. The van der Waals surface area contributed by atoms with E-state index in [9.17, 15) is 4.79 Å². The van der Waals surface area contributed by atoms with Crippen LogP contribution in [0.5, 0.6) is 0 Å². The Balaban J connectivity index is 2.57. The zero-order valence-electron chi connectivity index (χ0n) is 10.7. The molecule has 3 nitrogen and oxygen atoms in total. The summed E-state index contributed by atoms with van der Waals surface area (Å²) in [4.78, 5) is 11.7. The van der Waals surface area contributed by atoms with Gasteiger partial charge in [0.05, 0.1) is 12.2 Å². The van der Waals surface area contributed by atoms with Crippen LogP contribution in [0.3, 0.4) is 0 Å². The Morgan fingerprint density at radius 2 is 1.94 bits per heavy atom. The monoisotopic (exact) mass is 236 g/mol. The number of aryl methyl sites for hydroxylation is 1. The first kappa shape index (κ1) is 13.7. The highest BCUT2D eigenvalue weighted by atomic mass is 16.6. The third-order valence-electron chi connectivity index (χ3n) is 2.44. The summed E-state index contributed by atoms with van der Waals surface area (Å²) in [5, 5.41) is 0. The molecule has 1 aromatic carbocycles. The lowest BCUT2D eigenvalue weighted by Crippen LogP contribution is -2.19. The van der Waals surface area contributed by atoms with Gasteiger partial charge in [-0.15, -0.1) is 0 Å². The van der Waals surface area contributed by atoms with Crippen LogP contribution in [0, 0.1) is 0 Å². The molecule has 0 aromatic heterocycles. The number of esters is 1. The molecule has 94 valence electrons. The summed E-state index contributed by atoms with van der Waals surface area (Å²) in [6.45, 7) is 4.36. The van der Waals surface area contributed by atoms with Gasteiger partial charge in [0.25, 0.3) is 0 Å². The Bertz CT molecular complexity index is 343. The Morgan fingerprint density at radius 3 is 2.47 bits per heavy atom. The van der Waals surface area contributed by atoms with Crippen molar-refractivity contribution in [1.29, 1.82) is 0 Å². The fourth-order valence-corrected chi connectivity index (χ4v) is 1.62. The number of methoxy groups -OCH3 is 1. The van der Waals surface area contributed by atoms with Gasteiger partial charge in [0.15, 0.2) is 0 Å². The average Bonchev–Trinajstić information content (AvgIpc) is 2.30. The SMILES string of the molecule is CCCc1ccc(C(=O)OC(C)COC)cc1. The molecule has 1 rings (SSSR count). The third-order valence-corrected chi connectivity index (χ3v) is 2.44. The smallest absolute Gasteiger partial charge is 0.338 e. The van der Waals surface area contributed by atoms with Gasteiger partial charge in [-0.3, -0.25) is 0 Å². The van der Waals surface area contributed by atoms with Crippen molar-refractivity contribution in [2.75, 3.05) is 13.7 Å². The molecule has 0 aliphatic rings. The lowest BCUT2D eigenvalue weighted by Gasteiger charge is -2.12. The lowest BCUT2D eigenvalue weighted by molar-refractivity contribution is 0.0120. The molecule has 0 aliphatic heterocycles. The molecule has 0 bridgehead atoms. The van der Waals surface area contributed by atoms with Gasteiger partial charge >= 0.3 is 5.97 Å². The van der Waals surface area contributed by atoms with Crippen molar-refractivity contribution >= 4 is 5.97 Å². The number of carbonyl (C=O) groups is 1. The van der Waals surface area contributed by atoms with Crippen LogP contribution in [-0.2, 0) is 15.9 Å². The van der Waals surface area contributed by atoms with E-state index in [1.807, 2.05) is 31.2 Å². The van der Waals surface area contributed by atoms with Gasteiger partial charge in [-0.05, 0) is 31.0 Å². The predicted octanol–water partition coefficient (Wildman–Crippen LogP) is 2.83. The number of ether oxygens (including phenoxy) is 2. The van der Waals surface area contributed by atoms with Crippen molar-refractivity contribution in [3.05, 3.63) is 35.4 Å². The van der Waals surface area contributed by atoms with Crippen LogP contribution < -0.4 is 0 Å². The Labute approximate surface area is 103 Å². The van der Waals surface area contributed by atoms with Crippen LogP contribution in [0.15, 0.2) is 24.3 Å². The van der Waals surface area contributed by atoms with Crippen molar-refractivity contribution in [2.24, 2.45) is 0 Å². The lowest BCUT2D eigenvalue weighted by atomic mass is 10.1. The fourth-order valence-electron chi connectivity index (χ4n) is 1.62. The van der Waals surface area contributed by atoms with Crippen LogP contribution in [0.25, 0.3) is 0 Å². The Hall–Kier alpha value is -1.35. The summed E-state index contributed by atoms with van der Waals surface area (Å²) in [6.07, 6.45) is 1.92. The normalized spacial score (nSPS) is 12.2. The maximum Gasteiger partial charge on any atom is 0.338 e. The minimum absolute atomic E-state index is 0.220. The zero-order chi connectivity index (χ0) is 12.7. The van der Waals surface area contributed by atoms with Crippen molar-refractivity contribution in [2.45, 2.75) is 32.8 Å². The quantitative estimate of drug-likeness (QED) is 0.712. The van der Waals surface area contributed by atoms with Crippen LogP contribution in [-0.4, -0.2) is 25.8 Å². The first-order valence-electron chi connectivity index (χ1n) is 5.96. The molecular formula is C14H20O3. The molecule has 1 unspecified atom stereocenters. The van der Waals surface area contributed by atoms with Crippen molar-refractivity contribution < 1.29 is 14.3 Å². The molecule has 0 aliphatic carbocycles. The number of hydrogen-bond acceptors (Lipinski definition) is 3. The van der Waals surface area contributed by atoms with E-state index in [1.165, 1.54) is 5.56 Å². The van der Waals surface area contributed by atoms with Gasteiger partial charge in [0.1, 0.15) is 6.10 Å². The van der Waals surface area contributed by atoms with E-state index >= 15 is 0 Å². The van der Waals surface area contributed by atoms with E-state index in [2.05, 4.69) is 6.92 Å². The van der Waals surface area contributed by atoms with Crippen molar-refractivity contribution in [1.82, 2.24) is 0 Å². The zero-order valence-corrected chi connectivity index (χ0v) is 10.7. The topological polar surface area (TPSA) is 35.5 Å². The summed E-state index contributed by atoms with van der Waals surface area (Å²) in [6, 6.07) is 7.57. The highest BCUT2D eigenvalue weighted by molar-refractivity contribution is 5.89. The van der Waals surface area contributed by atoms with E-state index < -0.39 is 0 Å². The first-order valence-corrected chi connectivity index (χ1v) is 5.96. The van der Waals surface area contributed by atoms with Crippen molar-refractivity contribution in [3.63, 3.8) is 0 Å². The molecule has 17 heavy (non-hydrogen) atoms. The van der Waals surface area contributed by atoms with Crippen LogP contribution in [0.1, 0.15) is 36.2 Å². The molecule has 0 saturated carbocycles. The summed E-state index contributed by atoms with van der Waals surface area (Å²) in [7, 11) is 1.59. The van der Waals surface area contributed by atoms with Gasteiger partial charge in [0.2, 0.25) is 0 Å². The van der Waals surface area contributed by atoms with E-state index in [0.717, 1.165) is 12.8 Å². The largest absolute Gasteiger partial charge is 0.457 e. The van der Waals surface area contributed by atoms with Crippen LogP contribution in [0.4, 0.5) is 0 Å². The van der Waals surface area contributed by atoms with Gasteiger partial charge in [-0.2, -0.15) is 0 Å². The fraction of sp³-hybridized carbons (Fsp3) is 0.500. The highest BCUT2D eigenvalue weighted by Crippen LogP contribution is 2.09.